The summed E-state index contributed by atoms with van der Waals surface area (Å²) in [5.74, 6) is -2.34. The van der Waals surface area contributed by atoms with Gasteiger partial charge in [-0.2, -0.15) is 0 Å². The number of alkyl halides is 2. The van der Waals surface area contributed by atoms with Crippen molar-refractivity contribution in [2.24, 2.45) is 4.99 Å². The zero-order valence-electron chi connectivity index (χ0n) is 20.1. The summed E-state index contributed by atoms with van der Waals surface area (Å²) in [4.78, 5) is 34.3. The lowest BCUT2D eigenvalue weighted by molar-refractivity contribution is -0.151. The summed E-state index contributed by atoms with van der Waals surface area (Å²) in [7, 11) is 0. The van der Waals surface area contributed by atoms with Crippen LogP contribution in [0.2, 0.25) is 5.02 Å². The van der Waals surface area contributed by atoms with E-state index in [9.17, 15) is 22.8 Å². The van der Waals surface area contributed by atoms with Gasteiger partial charge in [-0.15, -0.1) is 11.3 Å². The number of nitrogens with zero attached hydrogens (tertiary/aromatic N) is 3. The minimum atomic E-state index is -1.82. The third-order valence-corrected chi connectivity index (χ3v) is 6.98. The van der Waals surface area contributed by atoms with E-state index in [1.165, 1.54) is 28.4 Å². The van der Waals surface area contributed by atoms with Crippen molar-refractivity contribution in [1.82, 2.24) is 15.2 Å². The van der Waals surface area contributed by atoms with Gasteiger partial charge >= 0.3 is 11.9 Å². The molecule has 1 aromatic heterocycles. The van der Waals surface area contributed by atoms with Crippen LogP contribution < -0.4 is 5.32 Å². The zero-order chi connectivity index (χ0) is 27.4. The van der Waals surface area contributed by atoms with Crippen molar-refractivity contribution < 1.29 is 37.3 Å². The maximum atomic E-state index is 14.8. The number of hydrogen-bond donors (Lipinski definition) is 2. The number of ether oxygens (including phenoxy) is 2. The van der Waals surface area contributed by atoms with E-state index in [1.54, 1.807) is 18.5 Å². The first kappa shape index (κ1) is 28.0. The van der Waals surface area contributed by atoms with Gasteiger partial charge < -0.3 is 19.9 Å². The average molecular weight is 573 g/mol. The Kier molecular flexibility index (Phi) is 9.03. The van der Waals surface area contributed by atoms with E-state index >= 15 is 0 Å². The molecule has 3 heterocycles. The number of halogens is 4. The molecule has 2 N–H and O–H groups in total. The monoisotopic (exact) mass is 572 g/mol. The normalized spacial score (nSPS) is 24.1. The topological polar surface area (TPSA) is 113 Å². The summed E-state index contributed by atoms with van der Waals surface area (Å²) in [6.45, 7) is 0.185. The molecule has 0 radical (unpaired) electrons. The number of piperidine rings is 1. The number of aromatic nitrogens is 1. The number of nitrogens with one attached hydrogen (secondary N) is 1. The number of rotatable bonds is 9. The molecule has 38 heavy (non-hydrogen) atoms. The van der Waals surface area contributed by atoms with E-state index in [0.717, 1.165) is 6.07 Å². The van der Waals surface area contributed by atoms with Crippen LogP contribution >= 0.6 is 22.9 Å². The highest BCUT2D eigenvalue weighted by Gasteiger charge is 2.41. The summed E-state index contributed by atoms with van der Waals surface area (Å²) in [5.41, 5.74) is 0.644. The van der Waals surface area contributed by atoms with Gasteiger partial charge in [0.05, 0.1) is 12.2 Å². The van der Waals surface area contributed by atoms with Crippen molar-refractivity contribution in [2.75, 3.05) is 32.8 Å². The molecular weight excluding hydrogens is 549 g/mol. The standard InChI is InChI=1S/C24H24ClF3N4O5S/c1-2-36-24(35)19-17(10-32-8-15(27)21(16(28)9-32)37-11-18(33)34)30-22(23-29-5-6-38-23)31-20(19)13-4-3-12(26)7-14(13)25/h3-7,15-16,20-21H,2,8-11H2,1H3,(H,30,31)(H,33,34). The highest BCUT2D eigenvalue weighted by molar-refractivity contribution is 7.11. The molecular formula is C24H24ClF3N4O5S. The first-order valence-corrected chi connectivity index (χ1v) is 12.9. The highest BCUT2D eigenvalue weighted by atomic mass is 35.5. The smallest absolute Gasteiger partial charge is 0.338 e. The number of amidine groups is 1. The molecule has 0 saturated carbocycles. The van der Waals surface area contributed by atoms with Gasteiger partial charge in [-0.1, -0.05) is 17.7 Å². The molecule has 2 aliphatic rings. The lowest BCUT2D eigenvalue weighted by Crippen LogP contribution is -2.54. The number of aliphatic imine (C=N–C) groups is 1. The fourth-order valence-electron chi connectivity index (χ4n) is 4.30. The van der Waals surface area contributed by atoms with Crippen LogP contribution in [-0.4, -0.2) is 84.1 Å². The molecule has 0 amide bonds. The van der Waals surface area contributed by atoms with Crippen molar-refractivity contribution in [3.05, 3.63) is 62.5 Å². The summed E-state index contributed by atoms with van der Waals surface area (Å²) < 4.78 is 53.7. The van der Waals surface area contributed by atoms with Gasteiger partial charge in [-0.3, -0.25) is 9.89 Å². The van der Waals surface area contributed by atoms with Crippen LogP contribution in [0.25, 0.3) is 0 Å². The van der Waals surface area contributed by atoms with Crippen LogP contribution in [0.3, 0.4) is 0 Å². The summed E-state index contributed by atoms with van der Waals surface area (Å²) in [6.07, 6.45) is -3.60. The van der Waals surface area contributed by atoms with Gasteiger partial charge in [0.1, 0.15) is 36.9 Å². The van der Waals surface area contributed by atoms with E-state index in [1.807, 2.05) is 0 Å². The first-order valence-electron chi connectivity index (χ1n) is 11.6. The van der Waals surface area contributed by atoms with Crippen molar-refractivity contribution >= 4 is 40.7 Å². The van der Waals surface area contributed by atoms with Crippen LogP contribution in [0.1, 0.15) is 23.5 Å². The minimum absolute atomic E-state index is 0.0318. The largest absolute Gasteiger partial charge is 0.480 e. The summed E-state index contributed by atoms with van der Waals surface area (Å²) in [5, 5.41) is 14.1. The fraction of sp³-hybridized carbons (Fsp3) is 0.417. The first-order chi connectivity index (χ1) is 18.2. The number of carboxylic acid groups (broad SMARTS) is 1. The van der Waals surface area contributed by atoms with Crippen molar-refractivity contribution in [3.8, 4) is 0 Å². The van der Waals surface area contributed by atoms with Crippen LogP contribution in [0, 0.1) is 5.82 Å². The Bertz CT molecular complexity index is 1230. The number of aliphatic carboxylic acids is 1. The molecule has 9 nitrogen and oxygen atoms in total. The molecule has 1 fully saturated rings. The van der Waals surface area contributed by atoms with E-state index < -0.39 is 48.9 Å². The van der Waals surface area contributed by atoms with Crippen molar-refractivity contribution in [3.63, 3.8) is 0 Å². The number of hydrogen-bond acceptors (Lipinski definition) is 9. The van der Waals surface area contributed by atoms with Crippen molar-refractivity contribution in [1.29, 1.82) is 0 Å². The second-order valence-electron chi connectivity index (χ2n) is 8.52. The predicted octanol–water partition coefficient (Wildman–Crippen LogP) is 3.31. The number of carbonyl (C=O) groups is 2. The molecule has 1 saturated heterocycles. The van der Waals surface area contributed by atoms with E-state index in [-0.39, 0.29) is 42.5 Å². The average Bonchev–Trinajstić information content (AvgIpc) is 3.38. The van der Waals surface area contributed by atoms with Gasteiger partial charge in [0.25, 0.3) is 0 Å². The Balaban J connectivity index is 1.71. The van der Waals surface area contributed by atoms with Gasteiger partial charge in [-0.05, 0) is 19.1 Å². The lowest BCUT2D eigenvalue weighted by Gasteiger charge is -2.38. The van der Waals surface area contributed by atoms with Crippen LogP contribution in [0.15, 0.2) is 46.0 Å². The maximum absolute atomic E-state index is 14.8. The molecule has 4 rings (SSSR count). The van der Waals surface area contributed by atoms with Crippen LogP contribution in [0.4, 0.5) is 13.2 Å². The molecule has 2 aromatic rings. The molecule has 14 heteroatoms. The maximum Gasteiger partial charge on any atom is 0.338 e. The van der Waals surface area contributed by atoms with E-state index in [0.29, 0.717) is 16.4 Å². The number of thiazole rings is 1. The Morgan fingerprint density at radius 2 is 2.03 bits per heavy atom. The van der Waals surface area contributed by atoms with Crippen LogP contribution in [-0.2, 0) is 19.1 Å². The molecule has 204 valence electrons. The molecule has 0 aliphatic carbocycles. The van der Waals surface area contributed by atoms with Gasteiger partial charge in [0, 0.05) is 47.5 Å². The molecule has 3 unspecified atom stereocenters. The number of likely N-dealkylation sites (tertiary alicyclic amines) is 1. The third-order valence-electron chi connectivity index (χ3n) is 5.87. The Labute approximate surface area is 224 Å². The zero-order valence-corrected chi connectivity index (χ0v) is 21.6. The van der Waals surface area contributed by atoms with E-state index in [2.05, 4.69) is 15.3 Å². The molecule has 3 atom stereocenters. The predicted molar refractivity (Wildman–Crippen MR) is 133 cm³/mol. The summed E-state index contributed by atoms with van der Waals surface area (Å²) >= 11 is 7.62. The highest BCUT2D eigenvalue weighted by Crippen LogP contribution is 2.37. The Morgan fingerprint density at radius 1 is 1.29 bits per heavy atom. The molecule has 0 spiro atoms. The van der Waals surface area contributed by atoms with Crippen LogP contribution in [0.5, 0.6) is 0 Å². The quantitative estimate of drug-likeness (QED) is 0.440. The number of carbonyl (C=O) groups excluding carboxylic acids is 1. The SMILES string of the molecule is CCOC(=O)C1=C(CN2CC(F)C(OCC(=O)O)C(F)C2)NC(c2nccs2)=NC1c1ccc(F)cc1Cl. The van der Waals surface area contributed by atoms with Gasteiger partial charge in [-0.25, -0.2) is 27.7 Å². The minimum Gasteiger partial charge on any atom is -0.480 e. The number of carboxylic acids is 1. The number of esters is 1. The molecule has 0 bridgehead atoms. The van der Waals surface area contributed by atoms with Gasteiger partial charge in [0.15, 0.2) is 10.8 Å². The second kappa shape index (κ2) is 12.2. The molecule has 2 aliphatic heterocycles. The Morgan fingerprint density at radius 3 is 2.63 bits per heavy atom. The van der Waals surface area contributed by atoms with Gasteiger partial charge in [0.2, 0.25) is 0 Å². The fourth-order valence-corrected chi connectivity index (χ4v) is 5.16. The lowest BCUT2D eigenvalue weighted by atomic mass is 9.94. The second-order valence-corrected chi connectivity index (χ2v) is 9.82. The Hall–Kier alpha value is -3.00. The molecule has 1 aromatic carbocycles. The summed E-state index contributed by atoms with van der Waals surface area (Å²) in [6, 6.07) is 2.68. The van der Waals surface area contributed by atoms with Crippen molar-refractivity contribution in [2.45, 2.75) is 31.4 Å². The number of benzene rings is 1. The van der Waals surface area contributed by atoms with E-state index in [4.69, 9.17) is 26.2 Å². The third kappa shape index (κ3) is 6.34.